The highest BCUT2D eigenvalue weighted by Crippen LogP contribution is 2.46. The molecule has 10 fully saturated rings. The largest absolute Gasteiger partial charge is 0.416 e. The van der Waals surface area contributed by atoms with Gasteiger partial charge in [-0.05, 0) is 227 Å². The molecule has 10 aromatic rings. The van der Waals surface area contributed by atoms with Crippen LogP contribution in [-0.4, -0.2) is 288 Å². The quantitative estimate of drug-likeness (QED) is 0.0569. The van der Waals surface area contributed by atoms with Crippen LogP contribution in [0.4, 0.5) is 37.1 Å². The summed E-state index contributed by atoms with van der Waals surface area (Å²) >= 11 is 37.4. The Kier molecular flexibility index (Phi) is 35.0. The van der Waals surface area contributed by atoms with Gasteiger partial charge in [0.25, 0.3) is 0 Å². The summed E-state index contributed by atoms with van der Waals surface area (Å²) in [5.74, 6) is 2.65. The number of hydrogen-bond donors (Lipinski definition) is 0. The van der Waals surface area contributed by atoms with Gasteiger partial charge in [-0.2, -0.15) is 62.1 Å². The lowest BCUT2D eigenvalue weighted by Gasteiger charge is -2.26. The van der Waals surface area contributed by atoms with Crippen LogP contribution in [0.1, 0.15) is 204 Å². The third-order valence-electron chi connectivity index (χ3n) is 30.7. The Morgan fingerprint density at radius 1 is 0.336 bits per heavy atom. The maximum Gasteiger partial charge on any atom is 0.416 e. The van der Waals surface area contributed by atoms with Crippen molar-refractivity contribution in [2.75, 3.05) is 119 Å². The molecular weight excluding hydrogens is 2000 g/mol. The molecule has 2 saturated carbocycles. The summed E-state index contributed by atoms with van der Waals surface area (Å²) in [6.45, 7) is 24.9. The smallest absolute Gasteiger partial charge is 0.322 e. The lowest BCUT2D eigenvalue weighted by Crippen LogP contribution is -2.36. The molecule has 5 amide bonds. The van der Waals surface area contributed by atoms with Gasteiger partial charge < -0.3 is 24.5 Å². The van der Waals surface area contributed by atoms with Gasteiger partial charge in [0.1, 0.15) is 28.5 Å². The van der Waals surface area contributed by atoms with E-state index in [1.165, 1.54) is 41.7 Å². The minimum Gasteiger partial charge on any atom is -0.322 e. The molecule has 10 atom stereocenters. The number of ketones is 5. The number of likely N-dealkylation sites (tertiary alicyclic amines) is 8. The Labute approximate surface area is 878 Å². The molecule has 0 bridgehead atoms. The molecule has 8 saturated heterocycles. The van der Waals surface area contributed by atoms with Crippen molar-refractivity contribution in [3.8, 4) is 0 Å². The van der Waals surface area contributed by atoms with E-state index < -0.39 is 11.7 Å². The molecule has 10 aliphatic rings. The first-order valence-corrected chi connectivity index (χ1v) is 52.7. The molecule has 5 aromatic heterocycles. The fourth-order valence-electron chi connectivity index (χ4n) is 22.6. The molecule has 2 spiro atoms. The Morgan fingerprint density at radius 3 is 0.979 bits per heavy atom. The molecule has 13 heterocycles. The fraction of sp³-hybridized carbons (Fsp3) is 0.486. The molecule has 0 radical (unpaired) electrons. The number of rotatable bonds is 22. The zero-order valence-corrected chi connectivity index (χ0v) is 87.8. The normalized spacial score (nSPS) is 22.6. The molecule has 39 heteroatoms. The number of hydrogen-bond acceptors (Lipinski definition) is 20. The molecular formula is C107H125Cl6F3N20O10. The number of amides is 5. The van der Waals surface area contributed by atoms with Gasteiger partial charge in [-0.3, -0.25) is 48.5 Å². The van der Waals surface area contributed by atoms with E-state index in [-0.39, 0.29) is 75.6 Å². The summed E-state index contributed by atoms with van der Waals surface area (Å²) in [5, 5.41) is 25.2. The minimum atomic E-state index is -4.34. The summed E-state index contributed by atoms with van der Waals surface area (Å²) in [6, 6.07) is 40.8. The Hall–Kier alpha value is -10.8. The van der Waals surface area contributed by atoms with E-state index in [2.05, 4.69) is 76.2 Å². The van der Waals surface area contributed by atoms with Gasteiger partial charge in [-0.1, -0.05) is 159 Å². The monoisotopic (exact) mass is 2120 g/mol. The van der Waals surface area contributed by atoms with E-state index in [1.54, 1.807) is 113 Å². The first-order chi connectivity index (χ1) is 69.9. The van der Waals surface area contributed by atoms with Crippen molar-refractivity contribution in [3.05, 3.63) is 262 Å². The lowest BCUT2D eigenvalue weighted by molar-refractivity contribution is -0.137. The van der Waals surface area contributed by atoms with E-state index in [4.69, 9.17) is 69.6 Å². The SMILES string of the molecule is CCC(=O)c1ccn(C(=O)N2CC3CN(Cc4cc(Cl)ccc4Cl)CC3C2)n1.CCC(=O)c1ccn(C(=O)N2CCC3(CCN(Cc4cc(Cl)ccc4Cl)C3)C2)n1.CCC(=O)c1ccn(C(=O)N2CCC3(CCN(Cc4cccc(C(F)(F)F)c4)C3)C2)n1.CCC(=O)c1ccn(C(=O)N2C[C@H]3CC(N(C)Cc4ccccc4Cl)C[C@H]3C2)n1.CCC(=O)c1ccn(C(=O)N2C[C@H]3CC(N(C)Cc4ccccc4Cl)C[C@H]3C2)n1. The van der Waals surface area contributed by atoms with Crippen LogP contribution < -0.4 is 0 Å². The number of nitrogens with zero attached hydrogens (tertiary/aromatic N) is 20. The topological polar surface area (TPSA) is 292 Å². The summed E-state index contributed by atoms with van der Waals surface area (Å²) in [7, 11) is 4.32. The van der Waals surface area contributed by atoms with Crippen LogP contribution >= 0.6 is 69.6 Å². The van der Waals surface area contributed by atoms with Gasteiger partial charge in [0.15, 0.2) is 28.9 Å². The van der Waals surface area contributed by atoms with Crippen molar-refractivity contribution in [3.63, 3.8) is 0 Å². The van der Waals surface area contributed by atoms with E-state index >= 15 is 0 Å². The molecule has 6 unspecified atom stereocenters. The van der Waals surface area contributed by atoms with Crippen molar-refractivity contribution >= 4 is 129 Å². The second-order valence-electron chi connectivity index (χ2n) is 40.7. The van der Waals surface area contributed by atoms with Crippen LogP contribution in [0.5, 0.6) is 0 Å². The van der Waals surface area contributed by atoms with Crippen LogP contribution in [0.25, 0.3) is 0 Å². The van der Waals surface area contributed by atoms with E-state index in [0.717, 1.165) is 191 Å². The van der Waals surface area contributed by atoms with E-state index in [9.17, 15) is 61.1 Å². The fourth-order valence-corrected chi connectivity index (χ4v) is 23.8. The molecule has 5 aromatic carbocycles. The van der Waals surface area contributed by atoms with Gasteiger partial charge in [0, 0.05) is 240 Å². The minimum absolute atomic E-state index is 0.0424. The number of Topliss-reactive ketones (excluding diaryl/α,β-unsaturated/α-hetero) is 5. The highest BCUT2D eigenvalue weighted by atomic mass is 35.5. The van der Waals surface area contributed by atoms with Crippen molar-refractivity contribution in [1.29, 1.82) is 0 Å². The standard InChI is InChI=1S/2C22H27ClN4O2.C22H25F3N4O2.C21H24Cl2N4O2.C20H22Cl2N4O2/c2*1-3-21(28)20-8-9-27(24-20)22(29)26-13-16-10-18(11-17(16)14-26)25(2)12-15-6-4-5-7-19(15)23;1-2-19(30)18-6-9-29(26-18)20(31)28-11-8-21(15-28)7-10-27(14-21)13-16-4-3-5-17(12-16)22(23,24)25;1-2-19(28)18-5-8-27(24-18)20(29)26-10-7-21(14-26)6-9-25(13-21)12-15-11-16(22)3-4-17(15)23;1-2-19(27)18-5-6-26(23-18)20(28)25-11-14-9-24(10-15(14)12-25)8-13-7-16(21)3-4-17(13)22/h2*4-9,16-18H,3,10-14H2,1-2H3;3-6,9,12H,2,7-8,10-11,13-15H2,1H3;3-5,8,11H,2,6-7,9-10,12-14H2,1H3;3-7,14-15H,2,8-12H2,1H3/t2*16-,17+,18?;;;. The second-order valence-corrected chi connectivity index (χ2v) is 43.2. The van der Waals surface area contributed by atoms with Crippen molar-refractivity contribution < 1.29 is 61.1 Å². The van der Waals surface area contributed by atoms with Crippen LogP contribution in [-0.2, 0) is 38.9 Å². The van der Waals surface area contributed by atoms with E-state index in [0.29, 0.717) is 164 Å². The zero-order valence-electron chi connectivity index (χ0n) is 83.3. The summed E-state index contributed by atoms with van der Waals surface area (Å²) in [6.07, 6.45) is 13.5. The number of halogens is 9. The molecule has 776 valence electrons. The van der Waals surface area contributed by atoms with Crippen LogP contribution in [0, 0.1) is 46.3 Å². The second kappa shape index (κ2) is 47.4. The van der Waals surface area contributed by atoms with Gasteiger partial charge in [-0.25, -0.2) is 24.0 Å². The number of carbonyl (C=O) groups excluding carboxylic acids is 10. The molecule has 0 N–H and O–H groups in total. The lowest BCUT2D eigenvalue weighted by atomic mass is 9.86. The third kappa shape index (κ3) is 25.8. The molecule has 2 aliphatic carbocycles. The van der Waals surface area contributed by atoms with Crippen molar-refractivity contribution in [1.82, 2.24) is 97.9 Å². The average molecular weight is 2120 g/mol. The first kappa shape index (κ1) is 108. The number of aromatic nitrogens is 10. The van der Waals surface area contributed by atoms with Crippen LogP contribution in [0.2, 0.25) is 30.1 Å². The molecule has 20 rings (SSSR count). The average Bonchev–Trinajstić information content (AvgIpc) is 2.57. The van der Waals surface area contributed by atoms with Gasteiger partial charge >= 0.3 is 36.3 Å². The number of fused-ring (bicyclic) bond motifs is 3. The Bertz CT molecular complexity index is 6240. The highest BCUT2D eigenvalue weighted by Gasteiger charge is 2.50. The Balaban J connectivity index is 0.000000131. The van der Waals surface area contributed by atoms with Crippen molar-refractivity contribution in [2.45, 2.75) is 169 Å². The Morgan fingerprint density at radius 2 is 0.644 bits per heavy atom. The molecule has 146 heavy (non-hydrogen) atoms. The third-order valence-corrected chi connectivity index (χ3v) is 32.6. The predicted octanol–water partition coefficient (Wildman–Crippen LogP) is 20.1. The summed E-state index contributed by atoms with van der Waals surface area (Å²) in [4.78, 5) is 144. The van der Waals surface area contributed by atoms with Crippen LogP contribution in [0.15, 0.2) is 171 Å². The van der Waals surface area contributed by atoms with E-state index in [1.807, 2.05) is 80.3 Å². The van der Waals surface area contributed by atoms with Crippen LogP contribution in [0.3, 0.4) is 0 Å². The van der Waals surface area contributed by atoms with Gasteiger partial charge in [0.05, 0.1) is 5.56 Å². The maximum absolute atomic E-state index is 13.0. The molecule has 8 aliphatic heterocycles. The van der Waals surface area contributed by atoms with Crippen molar-refractivity contribution in [2.24, 2.45) is 46.3 Å². The zero-order chi connectivity index (χ0) is 104. The maximum atomic E-state index is 13.0. The molecule has 30 nitrogen and oxygen atoms in total. The first-order valence-electron chi connectivity index (χ1n) is 50.4. The summed E-state index contributed by atoms with van der Waals surface area (Å²) < 4.78 is 45.3. The van der Waals surface area contributed by atoms with Gasteiger partial charge in [0.2, 0.25) is 0 Å². The highest BCUT2D eigenvalue weighted by molar-refractivity contribution is 6.34. The summed E-state index contributed by atoms with van der Waals surface area (Å²) in [5.41, 5.74) is 6.16. The number of carbonyl (C=O) groups is 10. The number of alkyl halides is 3. The van der Waals surface area contributed by atoms with Gasteiger partial charge in [-0.15, -0.1) is 0 Å². The predicted molar refractivity (Wildman–Crippen MR) is 552 cm³/mol. The number of benzene rings is 5.